The fraction of sp³-hybridized carbons (Fsp3) is 0.143. The summed E-state index contributed by atoms with van der Waals surface area (Å²) in [6.45, 7) is -0.152. The van der Waals surface area contributed by atoms with Gasteiger partial charge in [0.05, 0.1) is 6.54 Å². The van der Waals surface area contributed by atoms with Gasteiger partial charge in [0.2, 0.25) is 10.0 Å². The van der Waals surface area contributed by atoms with E-state index in [1.54, 1.807) is 0 Å². The van der Waals surface area contributed by atoms with Crippen LogP contribution in [0.25, 0.3) is 0 Å². The van der Waals surface area contributed by atoms with Crippen LogP contribution in [-0.4, -0.2) is 33.6 Å². The maximum absolute atomic E-state index is 11.7. The van der Waals surface area contributed by atoms with Crippen LogP contribution >= 0.6 is 0 Å². The Hall–Kier alpha value is -2.27. The molecule has 0 aliphatic carbocycles. The second kappa shape index (κ2) is 4.54. The van der Waals surface area contributed by atoms with Gasteiger partial charge in [-0.1, -0.05) is 0 Å². The molecule has 0 saturated heterocycles. The third-order valence-electron chi connectivity index (χ3n) is 1.97. The Balaban J connectivity index is 2.26. The summed E-state index contributed by atoms with van der Waals surface area (Å²) in [5.74, 6) is 0.291. The molecule has 96 valence electrons. The number of hydrogen-bond acceptors (Lipinski definition) is 6. The predicted molar refractivity (Wildman–Crippen MR) is 58.1 cm³/mol. The first-order chi connectivity index (χ1) is 8.49. The average molecular weight is 272 g/mol. The zero-order valence-electron chi connectivity index (χ0n) is 8.80. The van der Waals surface area contributed by atoms with E-state index in [0.717, 1.165) is 6.20 Å². The lowest BCUT2D eigenvalue weighted by Gasteiger charge is -2.03. The topological polar surface area (TPSA) is 153 Å². The van der Waals surface area contributed by atoms with Crippen molar-refractivity contribution in [1.29, 1.82) is 0 Å². The lowest BCUT2D eigenvalue weighted by molar-refractivity contribution is 0.577. The van der Waals surface area contributed by atoms with Crippen LogP contribution in [-0.2, 0) is 16.6 Å². The van der Waals surface area contributed by atoms with Gasteiger partial charge < -0.3 is 4.98 Å². The Kier molecular flexibility index (Phi) is 3.08. The number of sulfonamides is 1. The average Bonchev–Trinajstić information content (AvgIpc) is 2.78. The molecule has 0 unspecified atom stereocenters. The molecule has 0 spiro atoms. The van der Waals surface area contributed by atoms with Crippen LogP contribution in [0.15, 0.2) is 27.0 Å². The molecule has 10 nitrogen and oxygen atoms in total. The van der Waals surface area contributed by atoms with E-state index < -0.39 is 26.2 Å². The van der Waals surface area contributed by atoms with E-state index in [-0.39, 0.29) is 6.54 Å². The summed E-state index contributed by atoms with van der Waals surface area (Å²) < 4.78 is 25.6. The van der Waals surface area contributed by atoms with Gasteiger partial charge in [-0.3, -0.25) is 14.9 Å². The van der Waals surface area contributed by atoms with Gasteiger partial charge >= 0.3 is 5.69 Å². The second-order valence-electron chi connectivity index (χ2n) is 3.19. The number of H-pyrrole nitrogens is 3. The molecule has 2 aromatic heterocycles. The Bertz CT molecular complexity index is 743. The molecular formula is C7H8N6O4S. The van der Waals surface area contributed by atoms with Crippen LogP contribution in [0.1, 0.15) is 5.82 Å². The second-order valence-corrected chi connectivity index (χ2v) is 4.93. The number of aromatic amines is 3. The lowest BCUT2D eigenvalue weighted by Crippen LogP contribution is -2.33. The van der Waals surface area contributed by atoms with Crippen LogP contribution in [0.2, 0.25) is 0 Å². The normalized spacial score (nSPS) is 11.6. The molecule has 0 atom stereocenters. The Labute approximate surface area is 99.5 Å². The van der Waals surface area contributed by atoms with E-state index >= 15 is 0 Å². The first-order valence-corrected chi connectivity index (χ1v) is 6.13. The highest BCUT2D eigenvalue weighted by molar-refractivity contribution is 7.89. The van der Waals surface area contributed by atoms with Crippen molar-refractivity contribution in [2.24, 2.45) is 0 Å². The van der Waals surface area contributed by atoms with E-state index in [1.165, 1.54) is 6.33 Å². The summed E-state index contributed by atoms with van der Waals surface area (Å²) in [6, 6.07) is 0. The summed E-state index contributed by atoms with van der Waals surface area (Å²) in [6.07, 6.45) is 2.04. The van der Waals surface area contributed by atoms with E-state index in [2.05, 4.69) is 24.9 Å². The van der Waals surface area contributed by atoms with Gasteiger partial charge in [0, 0.05) is 6.20 Å². The Morgan fingerprint density at radius 3 is 2.72 bits per heavy atom. The minimum atomic E-state index is -4.04. The van der Waals surface area contributed by atoms with Gasteiger partial charge in [-0.15, -0.1) is 0 Å². The van der Waals surface area contributed by atoms with Gasteiger partial charge in [-0.25, -0.2) is 22.9 Å². The highest BCUT2D eigenvalue weighted by Crippen LogP contribution is 1.99. The Morgan fingerprint density at radius 2 is 2.11 bits per heavy atom. The molecular weight excluding hydrogens is 264 g/mol. The third kappa shape index (κ3) is 2.52. The standard InChI is InChI=1S/C7H8N6O4S/c14-6-4(1-8-7(15)12-6)18(16,17)11-2-5-9-3-10-13-5/h1,3,11H,2H2,(H,9,10,13)(H2,8,12,14,15). The van der Waals surface area contributed by atoms with Crippen LogP contribution in [0.3, 0.4) is 0 Å². The molecule has 0 bridgehead atoms. The monoisotopic (exact) mass is 272 g/mol. The van der Waals surface area contributed by atoms with E-state index in [9.17, 15) is 18.0 Å². The zero-order valence-corrected chi connectivity index (χ0v) is 9.61. The fourth-order valence-corrected chi connectivity index (χ4v) is 2.15. The highest BCUT2D eigenvalue weighted by atomic mass is 32.2. The van der Waals surface area contributed by atoms with Crippen molar-refractivity contribution in [3.05, 3.63) is 39.2 Å². The van der Waals surface area contributed by atoms with Crippen molar-refractivity contribution in [2.75, 3.05) is 0 Å². The van der Waals surface area contributed by atoms with Crippen molar-refractivity contribution in [3.8, 4) is 0 Å². The predicted octanol–water partition coefficient (Wildman–Crippen LogP) is -2.34. The molecule has 2 rings (SSSR count). The number of nitrogens with zero attached hydrogens (tertiary/aromatic N) is 2. The fourth-order valence-electron chi connectivity index (χ4n) is 1.15. The summed E-state index contributed by atoms with van der Waals surface area (Å²) in [4.78, 5) is 29.1. The molecule has 2 heterocycles. The zero-order chi connectivity index (χ0) is 13.2. The molecule has 2 aromatic rings. The summed E-state index contributed by atoms with van der Waals surface area (Å²) >= 11 is 0. The van der Waals surface area contributed by atoms with E-state index in [0.29, 0.717) is 5.82 Å². The molecule has 0 saturated carbocycles. The highest BCUT2D eigenvalue weighted by Gasteiger charge is 2.18. The molecule has 11 heteroatoms. The minimum absolute atomic E-state index is 0.152. The third-order valence-corrected chi connectivity index (χ3v) is 3.38. The number of hydrogen-bond donors (Lipinski definition) is 4. The van der Waals surface area contributed by atoms with Crippen molar-refractivity contribution in [3.63, 3.8) is 0 Å². The van der Waals surface area contributed by atoms with E-state index in [1.807, 2.05) is 4.98 Å². The molecule has 0 fully saturated rings. The Morgan fingerprint density at radius 1 is 1.33 bits per heavy atom. The largest absolute Gasteiger partial charge is 0.325 e. The van der Waals surface area contributed by atoms with Gasteiger partial charge in [0.25, 0.3) is 5.56 Å². The smallest absolute Gasteiger partial charge is 0.313 e. The molecule has 0 amide bonds. The van der Waals surface area contributed by atoms with Gasteiger partial charge in [0.1, 0.15) is 12.2 Å². The number of aromatic nitrogens is 5. The van der Waals surface area contributed by atoms with Crippen molar-refractivity contribution in [2.45, 2.75) is 11.4 Å². The van der Waals surface area contributed by atoms with Crippen molar-refractivity contribution in [1.82, 2.24) is 29.9 Å². The van der Waals surface area contributed by atoms with Crippen LogP contribution in [0, 0.1) is 0 Å². The lowest BCUT2D eigenvalue weighted by atomic mass is 10.6. The maximum atomic E-state index is 11.7. The van der Waals surface area contributed by atoms with Crippen LogP contribution in [0.5, 0.6) is 0 Å². The molecule has 4 N–H and O–H groups in total. The molecule has 0 aromatic carbocycles. The van der Waals surface area contributed by atoms with Crippen molar-refractivity contribution < 1.29 is 8.42 Å². The molecule has 0 aliphatic heterocycles. The summed E-state index contributed by atoms with van der Waals surface area (Å²) in [5, 5.41) is 5.99. The summed E-state index contributed by atoms with van der Waals surface area (Å²) in [5.41, 5.74) is -1.78. The van der Waals surface area contributed by atoms with Crippen LogP contribution in [0.4, 0.5) is 0 Å². The molecule has 18 heavy (non-hydrogen) atoms. The summed E-state index contributed by atoms with van der Waals surface area (Å²) in [7, 11) is -4.04. The molecule has 0 aliphatic rings. The number of nitrogens with one attached hydrogen (secondary N) is 4. The van der Waals surface area contributed by atoms with E-state index in [4.69, 9.17) is 0 Å². The first kappa shape index (κ1) is 12.2. The van der Waals surface area contributed by atoms with Gasteiger partial charge in [-0.05, 0) is 0 Å². The first-order valence-electron chi connectivity index (χ1n) is 4.65. The quantitative estimate of drug-likeness (QED) is 0.489. The maximum Gasteiger partial charge on any atom is 0.325 e. The molecule has 0 radical (unpaired) electrons. The van der Waals surface area contributed by atoms with Crippen LogP contribution < -0.4 is 16.0 Å². The minimum Gasteiger partial charge on any atom is -0.313 e. The van der Waals surface area contributed by atoms with Gasteiger partial charge in [0.15, 0.2) is 4.90 Å². The van der Waals surface area contributed by atoms with Crippen molar-refractivity contribution >= 4 is 10.0 Å². The number of rotatable bonds is 4. The van der Waals surface area contributed by atoms with Gasteiger partial charge in [-0.2, -0.15) is 5.10 Å². The SMILES string of the molecule is O=c1[nH]cc(S(=O)(=O)NCc2ncn[nH]2)c(=O)[nH]1.